The Labute approximate surface area is 99.7 Å². The molecule has 0 aromatic carbocycles. The standard InChI is InChI=1S/C12H17NO4/c1-2-8-3-9-5-12(6-11(14)15,7-13(16)17)10(9)4-8/h4,9-10H,2-3,5-7H2,1H3,(H,14,15)/t9-,10+,12?/m0/s1. The fraction of sp³-hybridized carbons (Fsp3) is 0.750. The van der Waals surface area contributed by atoms with Crippen LogP contribution in [0.5, 0.6) is 0 Å². The smallest absolute Gasteiger partial charge is 0.304 e. The molecule has 5 heteroatoms. The monoisotopic (exact) mass is 239 g/mol. The van der Waals surface area contributed by atoms with E-state index < -0.39 is 11.4 Å². The Morgan fingerprint density at radius 1 is 1.71 bits per heavy atom. The molecule has 0 amide bonds. The van der Waals surface area contributed by atoms with E-state index in [-0.39, 0.29) is 23.8 Å². The van der Waals surface area contributed by atoms with Gasteiger partial charge in [0.25, 0.3) is 0 Å². The van der Waals surface area contributed by atoms with Gasteiger partial charge in [-0.2, -0.15) is 0 Å². The predicted octanol–water partition coefficient (Wildman–Crippen LogP) is 2.10. The molecule has 1 N–H and O–H groups in total. The quantitative estimate of drug-likeness (QED) is 0.452. The molecule has 94 valence electrons. The Hall–Kier alpha value is -1.39. The third-order valence-electron chi connectivity index (χ3n) is 4.22. The zero-order valence-corrected chi connectivity index (χ0v) is 9.89. The minimum Gasteiger partial charge on any atom is -0.481 e. The molecule has 2 aliphatic rings. The van der Waals surface area contributed by atoms with Crippen molar-refractivity contribution in [1.82, 2.24) is 0 Å². The van der Waals surface area contributed by atoms with Gasteiger partial charge in [-0.15, -0.1) is 0 Å². The number of nitro groups is 1. The highest BCUT2D eigenvalue weighted by molar-refractivity contribution is 5.68. The van der Waals surface area contributed by atoms with Crippen molar-refractivity contribution in [3.8, 4) is 0 Å². The van der Waals surface area contributed by atoms with Gasteiger partial charge in [-0.3, -0.25) is 14.9 Å². The first-order valence-electron chi connectivity index (χ1n) is 6.00. The maximum atomic E-state index is 10.9. The topological polar surface area (TPSA) is 80.4 Å². The van der Waals surface area contributed by atoms with Crippen LogP contribution in [0.2, 0.25) is 0 Å². The fourth-order valence-corrected chi connectivity index (χ4v) is 3.53. The van der Waals surface area contributed by atoms with E-state index in [0.29, 0.717) is 12.3 Å². The van der Waals surface area contributed by atoms with E-state index in [1.54, 1.807) is 0 Å². The molecule has 0 heterocycles. The Kier molecular flexibility index (Phi) is 2.93. The maximum Gasteiger partial charge on any atom is 0.304 e. The van der Waals surface area contributed by atoms with Gasteiger partial charge in [0.15, 0.2) is 0 Å². The van der Waals surface area contributed by atoms with Gasteiger partial charge in [0, 0.05) is 4.92 Å². The molecular weight excluding hydrogens is 222 g/mol. The number of aliphatic carboxylic acids is 1. The molecule has 0 saturated heterocycles. The van der Waals surface area contributed by atoms with Crippen LogP contribution in [0, 0.1) is 27.4 Å². The van der Waals surface area contributed by atoms with Crippen molar-refractivity contribution >= 4 is 5.97 Å². The Morgan fingerprint density at radius 3 is 2.94 bits per heavy atom. The van der Waals surface area contributed by atoms with Crippen LogP contribution in [0.4, 0.5) is 0 Å². The zero-order chi connectivity index (χ0) is 12.6. The van der Waals surface area contributed by atoms with Gasteiger partial charge < -0.3 is 5.11 Å². The van der Waals surface area contributed by atoms with Gasteiger partial charge in [0.1, 0.15) is 0 Å². The molecule has 1 saturated carbocycles. The summed E-state index contributed by atoms with van der Waals surface area (Å²) in [6, 6.07) is 0. The van der Waals surface area contributed by atoms with E-state index in [4.69, 9.17) is 5.11 Å². The highest BCUT2D eigenvalue weighted by Crippen LogP contribution is 2.60. The Morgan fingerprint density at radius 2 is 2.41 bits per heavy atom. The molecule has 2 rings (SSSR count). The van der Waals surface area contributed by atoms with Crippen molar-refractivity contribution < 1.29 is 14.8 Å². The maximum absolute atomic E-state index is 10.9. The second kappa shape index (κ2) is 4.13. The van der Waals surface area contributed by atoms with Crippen LogP contribution >= 0.6 is 0 Å². The number of hydrogen-bond acceptors (Lipinski definition) is 3. The van der Waals surface area contributed by atoms with Crippen molar-refractivity contribution in [2.45, 2.75) is 32.6 Å². The number of nitrogens with zero attached hydrogens (tertiary/aromatic N) is 1. The lowest BCUT2D eigenvalue weighted by Crippen LogP contribution is -2.50. The molecule has 1 fully saturated rings. The number of rotatable bonds is 5. The Balaban J connectivity index is 2.17. The van der Waals surface area contributed by atoms with Crippen LogP contribution in [0.3, 0.4) is 0 Å². The molecule has 0 spiro atoms. The summed E-state index contributed by atoms with van der Waals surface area (Å²) in [4.78, 5) is 21.2. The van der Waals surface area contributed by atoms with E-state index in [9.17, 15) is 14.9 Å². The lowest BCUT2D eigenvalue weighted by atomic mass is 9.53. The van der Waals surface area contributed by atoms with Gasteiger partial charge >= 0.3 is 5.97 Å². The lowest BCUT2D eigenvalue weighted by molar-refractivity contribution is -0.505. The third-order valence-corrected chi connectivity index (χ3v) is 4.22. The van der Waals surface area contributed by atoms with Crippen molar-refractivity contribution in [3.05, 3.63) is 21.8 Å². The summed E-state index contributed by atoms with van der Waals surface area (Å²) < 4.78 is 0. The molecule has 2 aliphatic carbocycles. The Bertz CT molecular complexity index is 372. The zero-order valence-electron chi connectivity index (χ0n) is 9.89. The van der Waals surface area contributed by atoms with Crippen LogP contribution in [0.15, 0.2) is 11.6 Å². The second-order valence-electron chi connectivity index (χ2n) is 5.30. The molecule has 0 radical (unpaired) electrons. The largest absolute Gasteiger partial charge is 0.481 e. The fourth-order valence-electron chi connectivity index (χ4n) is 3.53. The average molecular weight is 239 g/mol. The number of carboxylic acids is 1. The van der Waals surface area contributed by atoms with Gasteiger partial charge in [-0.05, 0) is 31.1 Å². The number of allylic oxidation sites excluding steroid dienone is 2. The summed E-state index contributed by atoms with van der Waals surface area (Å²) >= 11 is 0. The molecular formula is C12H17NO4. The van der Waals surface area contributed by atoms with Crippen LogP contribution < -0.4 is 0 Å². The van der Waals surface area contributed by atoms with Crippen LogP contribution in [0.1, 0.15) is 32.6 Å². The summed E-state index contributed by atoms with van der Waals surface area (Å²) in [5.41, 5.74) is 0.701. The molecule has 0 aromatic heterocycles. The minimum atomic E-state index is -0.927. The van der Waals surface area contributed by atoms with Crippen molar-refractivity contribution in [3.63, 3.8) is 0 Å². The number of carbonyl (C=O) groups is 1. The highest BCUT2D eigenvalue weighted by atomic mass is 16.6. The normalized spacial score (nSPS) is 34.8. The number of fused-ring (bicyclic) bond motifs is 1. The first-order chi connectivity index (χ1) is 7.97. The van der Waals surface area contributed by atoms with Gasteiger partial charge in [-0.25, -0.2) is 0 Å². The first kappa shape index (κ1) is 12.1. The first-order valence-corrected chi connectivity index (χ1v) is 6.00. The van der Waals surface area contributed by atoms with E-state index in [1.807, 2.05) is 0 Å². The number of hydrogen-bond donors (Lipinski definition) is 1. The minimum absolute atomic E-state index is 0.0807. The van der Waals surface area contributed by atoms with Gasteiger partial charge in [0.05, 0.1) is 11.8 Å². The average Bonchev–Trinajstić information content (AvgIpc) is 2.54. The molecule has 0 bridgehead atoms. The molecule has 0 aromatic rings. The summed E-state index contributed by atoms with van der Waals surface area (Å²) in [6.07, 6.45) is 4.67. The van der Waals surface area contributed by atoms with Crippen molar-refractivity contribution in [2.24, 2.45) is 17.3 Å². The summed E-state index contributed by atoms with van der Waals surface area (Å²) in [6.45, 7) is 1.86. The van der Waals surface area contributed by atoms with Crippen molar-refractivity contribution in [2.75, 3.05) is 6.54 Å². The van der Waals surface area contributed by atoms with E-state index in [0.717, 1.165) is 12.8 Å². The van der Waals surface area contributed by atoms with E-state index >= 15 is 0 Å². The molecule has 5 nitrogen and oxygen atoms in total. The highest BCUT2D eigenvalue weighted by Gasteiger charge is 2.58. The van der Waals surface area contributed by atoms with E-state index in [2.05, 4.69) is 13.0 Å². The third kappa shape index (κ3) is 2.06. The lowest BCUT2D eigenvalue weighted by Gasteiger charge is -2.48. The predicted molar refractivity (Wildman–Crippen MR) is 61.1 cm³/mol. The summed E-state index contributed by atoms with van der Waals surface area (Å²) in [7, 11) is 0. The number of carboxylic acid groups (broad SMARTS) is 1. The van der Waals surface area contributed by atoms with Gasteiger partial charge in [-0.1, -0.05) is 18.6 Å². The van der Waals surface area contributed by atoms with Crippen LogP contribution in [0.25, 0.3) is 0 Å². The second-order valence-corrected chi connectivity index (χ2v) is 5.30. The molecule has 17 heavy (non-hydrogen) atoms. The molecule has 1 unspecified atom stereocenters. The van der Waals surface area contributed by atoms with E-state index in [1.165, 1.54) is 5.57 Å². The van der Waals surface area contributed by atoms with Crippen LogP contribution in [-0.4, -0.2) is 22.5 Å². The summed E-state index contributed by atoms with van der Waals surface area (Å²) in [5, 5.41) is 19.6. The van der Waals surface area contributed by atoms with Crippen molar-refractivity contribution in [1.29, 1.82) is 0 Å². The van der Waals surface area contributed by atoms with Gasteiger partial charge in [0.2, 0.25) is 6.54 Å². The molecule has 0 aliphatic heterocycles. The SMILES string of the molecule is CCC1=C[C@@H]2[C@@H](C1)CC2(CC(=O)O)C[N+](=O)[O-]. The summed E-state index contributed by atoms with van der Waals surface area (Å²) in [5.74, 6) is -0.369. The van der Waals surface area contributed by atoms with Crippen LogP contribution in [-0.2, 0) is 4.79 Å². The molecule has 3 atom stereocenters.